The average Bonchev–Trinajstić information content (AvgIpc) is 2.97. The van der Waals surface area contributed by atoms with Crippen LogP contribution in [0.15, 0.2) is 16.6 Å². The summed E-state index contributed by atoms with van der Waals surface area (Å²) >= 11 is 3.10. The maximum atomic E-state index is 11.2. The van der Waals surface area contributed by atoms with Crippen molar-refractivity contribution < 1.29 is 4.79 Å². The summed E-state index contributed by atoms with van der Waals surface area (Å²) in [6.45, 7) is 2.16. The smallest absolute Gasteiger partial charge is 0.191 e. The van der Waals surface area contributed by atoms with Gasteiger partial charge in [0, 0.05) is 19.2 Å². The third-order valence-electron chi connectivity index (χ3n) is 2.66. The standard InChI is InChI=1S/C12H16N4OS2/c1-8(17)10-5-9(6-18-10)7-19-12-15-14-11(3-4-13)16(12)2/h5-6H,3-4,7,13H2,1-2H3. The number of thiophene rings is 1. The summed E-state index contributed by atoms with van der Waals surface area (Å²) in [4.78, 5) is 12.0. The van der Waals surface area contributed by atoms with Gasteiger partial charge in [-0.2, -0.15) is 0 Å². The van der Waals surface area contributed by atoms with Crippen LogP contribution in [0, 0.1) is 0 Å². The summed E-state index contributed by atoms with van der Waals surface area (Å²) in [5.41, 5.74) is 6.66. The number of nitrogens with zero attached hydrogens (tertiary/aromatic N) is 3. The molecule has 0 fully saturated rings. The molecular formula is C12H16N4OS2. The van der Waals surface area contributed by atoms with E-state index in [1.807, 2.05) is 23.1 Å². The minimum Gasteiger partial charge on any atom is -0.330 e. The predicted octanol–water partition coefficient (Wildman–Crippen LogP) is 1.87. The highest BCUT2D eigenvalue weighted by Crippen LogP contribution is 2.24. The van der Waals surface area contributed by atoms with Crippen LogP contribution in [0.2, 0.25) is 0 Å². The van der Waals surface area contributed by atoms with Crippen molar-refractivity contribution in [2.75, 3.05) is 6.54 Å². The van der Waals surface area contributed by atoms with Gasteiger partial charge in [-0.05, 0) is 30.5 Å². The quantitative estimate of drug-likeness (QED) is 0.651. The van der Waals surface area contributed by atoms with E-state index >= 15 is 0 Å². The normalized spacial score (nSPS) is 10.9. The number of carbonyl (C=O) groups is 1. The molecule has 0 aliphatic heterocycles. The van der Waals surface area contributed by atoms with E-state index in [9.17, 15) is 4.79 Å². The van der Waals surface area contributed by atoms with E-state index in [1.165, 1.54) is 11.3 Å². The molecule has 2 aromatic rings. The molecule has 2 N–H and O–H groups in total. The summed E-state index contributed by atoms with van der Waals surface area (Å²) in [7, 11) is 1.95. The van der Waals surface area contributed by atoms with Crippen LogP contribution >= 0.6 is 23.1 Å². The van der Waals surface area contributed by atoms with Gasteiger partial charge in [0.05, 0.1) is 4.88 Å². The zero-order chi connectivity index (χ0) is 13.8. The highest BCUT2D eigenvalue weighted by Gasteiger charge is 2.10. The maximum Gasteiger partial charge on any atom is 0.191 e. The van der Waals surface area contributed by atoms with Crippen LogP contribution < -0.4 is 5.73 Å². The minimum atomic E-state index is 0.116. The zero-order valence-electron chi connectivity index (χ0n) is 10.9. The van der Waals surface area contributed by atoms with Crippen LogP contribution in [-0.4, -0.2) is 27.1 Å². The minimum absolute atomic E-state index is 0.116. The van der Waals surface area contributed by atoms with Gasteiger partial charge >= 0.3 is 0 Å². The van der Waals surface area contributed by atoms with E-state index in [1.54, 1.807) is 18.7 Å². The number of aromatic nitrogens is 3. The number of thioether (sulfide) groups is 1. The van der Waals surface area contributed by atoms with Gasteiger partial charge < -0.3 is 10.3 Å². The molecule has 0 aliphatic carbocycles. The second kappa shape index (κ2) is 6.31. The Morgan fingerprint density at radius 3 is 2.95 bits per heavy atom. The molecule has 19 heavy (non-hydrogen) atoms. The highest BCUT2D eigenvalue weighted by atomic mass is 32.2. The molecule has 0 saturated carbocycles. The van der Waals surface area contributed by atoms with Crippen molar-refractivity contribution in [2.45, 2.75) is 24.3 Å². The van der Waals surface area contributed by atoms with Gasteiger partial charge in [0.1, 0.15) is 5.82 Å². The molecule has 0 spiro atoms. The predicted molar refractivity (Wildman–Crippen MR) is 77.6 cm³/mol. The largest absolute Gasteiger partial charge is 0.330 e. The monoisotopic (exact) mass is 296 g/mol. The number of rotatable bonds is 6. The number of hydrogen-bond acceptors (Lipinski definition) is 6. The number of carbonyl (C=O) groups excluding carboxylic acids is 1. The molecule has 0 aromatic carbocycles. The lowest BCUT2D eigenvalue weighted by molar-refractivity contribution is 0.102. The van der Waals surface area contributed by atoms with Gasteiger partial charge in [-0.25, -0.2) is 0 Å². The average molecular weight is 296 g/mol. The number of Topliss-reactive ketones (excluding diaryl/α,β-unsaturated/α-hetero) is 1. The fourth-order valence-electron chi connectivity index (χ4n) is 1.60. The summed E-state index contributed by atoms with van der Waals surface area (Å²) in [6, 6.07) is 1.94. The Labute approximate surface area is 120 Å². The fourth-order valence-corrected chi connectivity index (χ4v) is 3.38. The number of nitrogens with two attached hydrogens (primary N) is 1. The van der Waals surface area contributed by atoms with E-state index < -0.39 is 0 Å². The molecule has 0 unspecified atom stereocenters. The lowest BCUT2D eigenvalue weighted by atomic mass is 10.3. The van der Waals surface area contributed by atoms with E-state index in [0.29, 0.717) is 6.54 Å². The Morgan fingerprint density at radius 1 is 1.53 bits per heavy atom. The zero-order valence-corrected chi connectivity index (χ0v) is 12.6. The van der Waals surface area contributed by atoms with E-state index in [2.05, 4.69) is 10.2 Å². The van der Waals surface area contributed by atoms with Crippen molar-refractivity contribution in [1.82, 2.24) is 14.8 Å². The van der Waals surface area contributed by atoms with Gasteiger partial charge in [0.15, 0.2) is 10.9 Å². The summed E-state index contributed by atoms with van der Waals surface area (Å²) in [5, 5.41) is 11.1. The fraction of sp³-hybridized carbons (Fsp3) is 0.417. The second-order valence-corrected chi connectivity index (χ2v) is 6.01. The lowest BCUT2D eigenvalue weighted by Gasteiger charge is -2.01. The Bertz CT molecular complexity index is 576. The molecule has 0 amide bonds. The molecule has 0 saturated heterocycles. The number of ketones is 1. The maximum absolute atomic E-state index is 11.2. The molecule has 0 radical (unpaired) electrons. The van der Waals surface area contributed by atoms with Crippen LogP contribution in [0.4, 0.5) is 0 Å². The molecule has 5 nitrogen and oxygen atoms in total. The third kappa shape index (κ3) is 3.43. The summed E-state index contributed by atoms with van der Waals surface area (Å²) in [5.74, 6) is 1.81. The molecule has 2 rings (SSSR count). The summed E-state index contributed by atoms with van der Waals surface area (Å²) in [6.07, 6.45) is 0.733. The van der Waals surface area contributed by atoms with Crippen molar-refractivity contribution in [3.8, 4) is 0 Å². The van der Waals surface area contributed by atoms with Crippen molar-refractivity contribution in [3.05, 3.63) is 27.7 Å². The van der Waals surface area contributed by atoms with Crippen molar-refractivity contribution >= 4 is 28.9 Å². The highest BCUT2D eigenvalue weighted by molar-refractivity contribution is 7.98. The molecule has 0 atom stereocenters. The topological polar surface area (TPSA) is 73.8 Å². The Balaban J connectivity index is 1.99. The third-order valence-corrected chi connectivity index (χ3v) is 4.83. The summed E-state index contributed by atoms with van der Waals surface area (Å²) < 4.78 is 1.97. The van der Waals surface area contributed by atoms with E-state index in [-0.39, 0.29) is 5.78 Å². The molecular weight excluding hydrogens is 280 g/mol. The van der Waals surface area contributed by atoms with Crippen LogP contribution in [-0.2, 0) is 19.2 Å². The van der Waals surface area contributed by atoms with Gasteiger partial charge in [-0.1, -0.05) is 11.8 Å². The molecule has 7 heteroatoms. The van der Waals surface area contributed by atoms with Crippen molar-refractivity contribution in [3.63, 3.8) is 0 Å². The van der Waals surface area contributed by atoms with Crippen LogP contribution in [0.3, 0.4) is 0 Å². The van der Waals surface area contributed by atoms with Gasteiger partial charge in [0.25, 0.3) is 0 Å². The SMILES string of the molecule is CC(=O)c1cc(CSc2nnc(CCN)n2C)cs1. The first-order valence-electron chi connectivity index (χ1n) is 5.91. The lowest BCUT2D eigenvalue weighted by Crippen LogP contribution is -2.08. The second-order valence-electron chi connectivity index (χ2n) is 4.16. The molecule has 2 heterocycles. The molecule has 102 valence electrons. The van der Waals surface area contributed by atoms with Gasteiger partial charge in [0.2, 0.25) is 0 Å². The van der Waals surface area contributed by atoms with Crippen LogP contribution in [0.25, 0.3) is 0 Å². The number of hydrogen-bond donors (Lipinski definition) is 1. The van der Waals surface area contributed by atoms with Crippen LogP contribution in [0.5, 0.6) is 0 Å². The van der Waals surface area contributed by atoms with Crippen molar-refractivity contribution in [2.24, 2.45) is 12.8 Å². The Hall–Kier alpha value is -1.18. The van der Waals surface area contributed by atoms with Gasteiger partial charge in [-0.15, -0.1) is 21.5 Å². The van der Waals surface area contributed by atoms with Crippen LogP contribution in [0.1, 0.15) is 28.0 Å². The Morgan fingerprint density at radius 2 is 2.32 bits per heavy atom. The van der Waals surface area contributed by atoms with Gasteiger partial charge in [-0.3, -0.25) is 4.79 Å². The molecule has 2 aromatic heterocycles. The Kier molecular flexibility index (Phi) is 4.73. The van der Waals surface area contributed by atoms with E-state index in [0.717, 1.165) is 33.6 Å². The first-order valence-corrected chi connectivity index (χ1v) is 7.78. The first-order chi connectivity index (χ1) is 9.11. The first kappa shape index (κ1) is 14.2. The molecule has 0 aliphatic rings. The van der Waals surface area contributed by atoms with Crippen molar-refractivity contribution in [1.29, 1.82) is 0 Å². The van der Waals surface area contributed by atoms with E-state index in [4.69, 9.17) is 5.73 Å². The molecule has 0 bridgehead atoms.